The summed E-state index contributed by atoms with van der Waals surface area (Å²) >= 11 is 5.97. The number of halogens is 1. The van der Waals surface area contributed by atoms with E-state index in [-0.39, 0.29) is 19.7 Å². The molecule has 1 amide bonds. The van der Waals surface area contributed by atoms with E-state index in [0.29, 0.717) is 22.0 Å². The molecule has 0 aliphatic heterocycles. The molecule has 8 heteroatoms. The van der Waals surface area contributed by atoms with Gasteiger partial charge in [0.25, 0.3) is 0 Å². The number of anilines is 1. The zero-order chi connectivity index (χ0) is 19.2. The first-order valence-electron chi connectivity index (χ1n) is 7.96. The molecule has 0 bridgehead atoms. The van der Waals surface area contributed by atoms with E-state index in [1.807, 2.05) is 30.3 Å². The van der Waals surface area contributed by atoms with Crippen molar-refractivity contribution in [2.45, 2.75) is 6.92 Å². The largest absolute Gasteiger partial charge is 0.492 e. The van der Waals surface area contributed by atoms with Crippen LogP contribution in [0.4, 0.5) is 5.69 Å². The molecule has 2 aromatic rings. The first kappa shape index (κ1) is 20.1. The number of hydrogen-bond donors (Lipinski definition) is 1. The van der Waals surface area contributed by atoms with Crippen molar-refractivity contribution < 1.29 is 17.9 Å². The summed E-state index contributed by atoms with van der Waals surface area (Å²) in [6.45, 7) is 1.98. The topological polar surface area (TPSA) is 75.7 Å². The number of benzene rings is 2. The van der Waals surface area contributed by atoms with Gasteiger partial charge in [-0.2, -0.15) is 0 Å². The fraction of sp³-hybridized carbons (Fsp3) is 0.278. The summed E-state index contributed by atoms with van der Waals surface area (Å²) in [5.74, 6) is 0.278. The third kappa shape index (κ3) is 5.93. The van der Waals surface area contributed by atoms with E-state index in [1.165, 1.54) is 6.07 Å². The standard InChI is InChI=1S/C18H21ClN2O4S/c1-14-8-9-15(19)12-17(14)21(26(2,23)24)13-18(22)20-10-11-25-16-6-4-3-5-7-16/h3-9,12H,10-11,13H2,1-2H3,(H,20,22). The average Bonchev–Trinajstić information content (AvgIpc) is 2.59. The van der Waals surface area contributed by atoms with Crippen molar-refractivity contribution in [3.05, 3.63) is 59.1 Å². The third-order valence-corrected chi connectivity index (χ3v) is 4.93. The van der Waals surface area contributed by atoms with Gasteiger partial charge in [-0.1, -0.05) is 35.9 Å². The number of sulfonamides is 1. The maximum atomic E-state index is 12.2. The number of nitrogens with one attached hydrogen (secondary N) is 1. The summed E-state index contributed by atoms with van der Waals surface area (Å²) in [6, 6.07) is 14.1. The van der Waals surface area contributed by atoms with Gasteiger partial charge in [0.2, 0.25) is 15.9 Å². The summed E-state index contributed by atoms with van der Waals surface area (Å²) in [5.41, 5.74) is 1.09. The summed E-state index contributed by atoms with van der Waals surface area (Å²) in [7, 11) is -3.64. The Balaban J connectivity index is 1.96. The van der Waals surface area contributed by atoms with Crippen LogP contribution < -0.4 is 14.4 Å². The van der Waals surface area contributed by atoms with Gasteiger partial charge in [-0.15, -0.1) is 0 Å². The highest BCUT2D eigenvalue weighted by Crippen LogP contribution is 2.26. The summed E-state index contributed by atoms with van der Waals surface area (Å²) in [6.07, 6.45) is 1.05. The van der Waals surface area contributed by atoms with Gasteiger partial charge in [-0.25, -0.2) is 8.42 Å². The lowest BCUT2D eigenvalue weighted by Crippen LogP contribution is -2.41. The number of carbonyl (C=O) groups is 1. The van der Waals surface area contributed by atoms with E-state index < -0.39 is 15.9 Å². The van der Waals surface area contributed by atoms with Crippen LogP contribution in [0.3, 0.4) is 0 Å². The number of ether oxygens (including phenoxy) is 1. The number of carbonyl (C=O) groups excluding carboxylic acids is 1. The second-order valence-corrected chi connectivity index (χ2v) is 8.06. The minimum absolute atomic E-state index is 0.264. The number of aryl methyl sites for hydroxylation is 1. The van der Waals surface area contributed by atoms with E-state index in [4.69, 9.17) is 16.3 Å². The summed E-state index contributed by atoms with van der Waals surface area (Å²) in [4.78, 5) is 12.2. The maximum Gasteiger partial charge on any atom is 0.240 e. The molecule has 0 aliphatic carbocycles. The summed E-state index contributed by atoms with van der Waals surface area (Å²) < 4.78 is 30.8. The van der Waals surface area contributed by atoms with Gasteiger partial charge in [0.1, 0.15) is 18.9 Å². The number of para-hydroxylation sites is 1. The quantitative estimate of drug-likeness (QED) is 0.696. The molecule has 0 spiro atoms. The predicted molar refractivity (Wildman–Crippen MR) is 103 cm³/mol. The Morgan fingerprint density at radius 2 is 1.88 bits per heavy atom. The normalized spacial score (nSPS) is 11.0. The highest BCUT2D eigenvalue weighted by atomic mass is 35.5. The van der Waals surface area contributed by atoms with Crippen molar-refractivity contribution in [3.8, 4) is 5.75 Å². The molecule has 0 heterocycles. The van der Waals surface area contributed by atoms with Crippen LogP contribution in [0.2, 0.25) is 5.02 Å². The van der Waals surface area contributed by atoms with Gasteiger partial charge in [0.15, 0.2) is 0 Å². The highest BCUT2D eigenvalue weighted by molar-refractivity contribution is 7.92. The Morgan fingerprint density at radius 1 is 1.19 bits per heavy atom. The molecule has 0 saturated heterocycles. The van der Waals surface area contributed by atoms with Crippen LogP contribution in [0.25, 0.3) is 0 Å². The molecule has 0 aromatic heterocycles. The predicted octanol–water partition coefficient (Wildman–Crippen LogP) is 2.61. The fourth-order valence-corrected chi connectivity index (χ4v) is 3.37. The Bertz CT molecular complexity index is 857. The maximum absolute atomic E-state index is 12.2. The second kappa shape index (κ2) is 8.91. The van der Waals surface area contributed by atoms with Crippen LogP contribution in [0.15, 0.2) is 48.5 Å². The lowest BCUT2D eigenvalue weighted by molar-refractivity contribution is -0.119. The zero-order valence-corrected chi connectivity index (χ0v) is 16.2. The van der Waals surface area contributed by atoms with Crippen LogP contribution >= 0.6 is 11.6 Å². The van der Waals surface area contributed by atoms with Crippen LogP contribution in [0, 0.1) is 6.92 Å². The van der Waals surface area contributed by atoms with Crippen LogP contribution in [0.5, 0.6) is 5.75 Å². The molecule has 0 aliphatic rings. The molecule has 26 heavy (non-hydrogen) atoms. The molecule has 0 atom stereocenters. The minimum Gasteiger partial charge on any atom is -0.492 e. The van der Waals surface area contributed by atoms with E-state index in [1.54, 1.807) is 19.1 Å². The molecule has 0 unspecified atom stereocenters. The molecule has 6 nitrogen and oxygen atoms in total. The smallest absolute Gasteiger partial charge is 0.240 e. The van der Waals surface area contributed by atoms with E-state index in [0.717, 1.165) is 10.6 Å². The molecule has 2 aromatic carbocycles. The van der Waals surface area contributed by atoms with Crippen molar-refractivity contribution in [1.29, 1.82) is 0 Å². The fourth-order valence-electron chi connectivity index (χ4n) is 2.29. The average molecular weight is 397 g/mol. The highest BCUT2D eigenvalue weighted by Gasteiger charge is 2.22. The van der Waals surface area contributed by atoms with E-state index in [9.17, 15) is 13.2 Å². The van der Waals surface area contributed by atoms with E-state index >= 15 is 0 Å². The molecule has 2 rings (SSSR count). The minimum atomic E-state index is -3.64. The number of hydrogen-bond acceptors (Lipinski definition) is 4. The number of nitrogens with zero attached hydrogens (tertiary/aromatic N) is 1. The van der Waals surface area contributed by atoms with E-state index in [2.05, 4.69) is 5.32 Å². The monoisotopic (exact) mass is 396 g/mol. The van der Waals surface area contributed by atoms with Crippen LogP contribution in [-0.4, -0.2) is 40.3 Å². The summed E-state index contributed by atoms with van der Waals surface area (Å²) in [5, 5.41) is 3.06. The second-order valence-electron chi connectivity index (χ2n) is 5.71. The Hall–Kier alpha value is -2.25. The number of amides is 1. The SMILES string of the molecule is Cc1ccc(Cl)cc1N(CC(=O)NCCOc1ccccc1)S(C)(=O)=O. The lowest BCUT2D eigenvalue weighted by Gasteiger charge is -2.23. The third-order valence-electron chi connectivity index (χ3n) is 3.56. The van der Waals surface area contributed by atoms with Crippen molar-refractivity contribution in [3.63, 3.8) is 0 Å². The Labute approximate surface area is 158 Å². The number of rotatable bonds is 8. The van der Waals surface area contributed by atoms with Crippen LogP contribution in [-0.2, 0) is 14.8 Å². The molecule has 0 fully saturated rings. The molecule has 0 saturated carbocycles. The van der Waals surface area contributed by atoms with Gasteiger partial charge in [0.05, 0.1) is 18.5 Å². The molecule has 1 N–H and O–H groups in total. The zero-order valence-electron chi connectivity index (χ0n) is 14.6. The van der Waals surface area contributed by atoms with Crippen molar-refractivity contribution in [1.82, 2.24) is 5.32 Å². The van der Waals surface area contributed by atoms with Gasteiger partial charge >= 0.3 is 0 Å². The van der Waals surface area contributed by atoms with Gasteiger partial charge in [-0.05, 0) is 36.8 Å². The lowest BCUT2D eigenvalue weighted by atomic mass is 10.2. The Morgan fingerprint density at radius 3 is 2.54 bits per heavy atom. The molecule has 0 radical (unpaired) electrons. The Kier molecular flexibility index (Phi) is 6.88. The van der Waals surface area contributed by atoms with Crippen LogP contribution in [0.1, 0.15) is 5.56 Å². The van der Waals surface area contributed by atoms with Crippen molar-refractivity contribution in [2.75, 3.05) is 30.3 Å². The first-order valence-corrected chi connectivity index (χ1v) is 10.2. The van der Waals surface area contributed by atoms with Crippen molar-refractivity contribution >= 4 is 33.2 Å². The molecular formula is C18H21ClN2O4S. The van der Waals surface area contributed by atoms with Crippen molar-refractivity contribution in [2.24, 2.45) is 0 Å². The first-order chi connectivity index (χ1) is 12.3. The van der Waals surface area contributed by atoms with Gasteiger partial charge in [0, 0.05) is 5.02 Å². The van der Waals surface area contributed by atoms with Gasteiger partial charge < -0.3 is 10.1 Å². The molecule has 140 valence electrons. The molecular weight excluding hydrogens is 376 g/mol. The van der Waals surface area contributed by atoms with Gasteiger partial charge in [-0.3, -0.25) is 9.10 Å².